The SMILES string of the molecule is CCOc1ccc(/C=C/C(=O)N(CCN(C)C)CC(=O)OC(C)(C)C)cc1. The van der Waals surface area contributed by atoms with Crippen molar-refractivity contribution in [1.82, 2.24) is 9.80 Å². The van der Waals surface area contributed by atoms with Crippen LogP contribution in [-0.4, -0.2) is 67.6 Å². The molecule has 0 aliphatic carbocycles. The second kappa shape index (κ2) is 10.7. The number of esters is 1. The Morgan fingerprint density at radius 1 is 1.07 bits per heavy atom. The van der Waals surface area contributed by atoms with Crippen LogP contribution in [0.2, 0.25) is 0 Å². The van der Waals surface area contributed by atoms with Crippen LogP contribution in [0.25, 0.3) is 6.08 Å². The Kier molecular flexibility index (Phi) is 9.02. The predicted octanol–water partition coefficient (Wildman–Crippen LogP) is 2.83. The minimum absolute atomic E-state index is 0.0719. The number of hydrogen-bond donors (Lipinski definition) is 0. The maximum Gasteiger partial charge on any atom is 0.326 e. The average molecular weight is 376 g/mol. The lowest BCUT2D eigenvalue weighted by atomic mass is 10.2. The van der Waals surface area contributed by atoms with E-state index < -0.39 is 11.6 Å². The highest BCUT2D eigenvalue weighted by Gasteiger charge is 2.21. The summed E-state index contributed by atoms with van der Waals surface area (Å²) in [5.74, 6) is 0.152. The van der Waals surface area contributed by atoms with Crippen molar-refractivity contribution < 1.29 is 19.1 Å². The van der Waals surface area contributed by atoms with Crippen LogP contribution in [-0.2, 0) is 14.3 Å². The monoisotopic (exact) mass is 376 g/mol. The maximum absolute atomic E-state index is 12.6. The molecule has 6 nitrogen and oxygen atoms in total. The van der Waals surface area contributed by atoms with Crippen LogP contribution in [0.5, 0.6) is 5.75 Å². The highest BCUT2D eigenvalue weighted by Crippen LogP contribution is 2.13. The summed E-state index contributed by atoms with van der Waals surface area (Å²) in [5, 5.41) is 0. The van der Waals surface area contributed by atoms with Crippen molar-refractivity contribution in [2.24, 2.45) is 0 Å². The summed E-state index contributed by atoms with van der Waals surface area (Å²) in [6.45, 7) is 8.99. The van der Waals surface area contributed by atoms with E-state index in [0.29, 0.717) is 19.7 Å². The highest BCUT2D eigenvalue weighted by molar-refractivity contribution is 5.93. The van der Waals surface area contributed by atoms with E-state index >= 15 is 0 Å². The third-order valence-electron chi connectivity index (χ3n) is 3.48. The van der Waals surface area contributed by atoms with Gasteiger partial charge in [-0.15, -0.1) is 0 Å². The van der Waals surface area contributed by atoms with E-state index in [1.54, 1.807) is 6.08 Å². The molecule has 0 saturated carbocycles. The Morgan fingerprint density at radius 2 is 1.70 bits per heavy atom. The fourth-order valence-corrected chi connectivity index (χ4v) is 2.23. The van der Waals surface area contributed by atoms with Crippen molar-refractivity contribution >= 4 is 18.0 Å². The van der Waals surface area contributed by atoms with Crippen molar-refractivity contribution in [2.75, 3.05) is 40.3 Å². The van der Waals surface area contributed by atoms with E-state index in [-0.39, 0.29) is 12.5 Å². The van der Waals surface area contributed by atoms with Gasteiger partial charge in [0.1, 0.15) is 17.9 Å². The molecule has 0 heterocycles. The van der Waals surface area contributed by atoms with Gasteiger partial charge in [-0.25, -0.2) is 0 Å². The molecule has 0 N–H and O–H groups in total. The van der Waals surface area contributed by atoms with Gasteiger partial charge in [0.15, 0.2) is 0 Å². The first-order valence-electron chi connectivity index (χ1n) is 9.17. The van der Waals surface area contributed by atoms with E-state index in [9.17, 15) is 9.59 Å². The van der Waals surface area contributed by atoms with Gasteiger partial charge in [-0.2, -0.15) is 0 Å². The largest absolute Gasteiger partial charge is 0.494 e. The normalized spacial score (nSPS) is 11.7. The average Bonchev–Trinajstić information content (AvgIpc) is 2.56. The van der Waals surface area contributed by atoms with E-state index in [1.807, 2.05) is 71.0 Å². The molecule has 0 aliphatic heterocycles. The van der Waals surface area contributed by atoms with Gasteiger partial charge in [-0.05, 0) is 65.6 Å². The molecular weight excluding hydrogens is 344 g/mol. The molecule has 1 rings (SSSR count). The number of likely N-dealkylation sites (N-methyl/N-ethyl adjacent to an activating group) is 1. The van der Waals surface area contributed by atoms with Crippen LogP contribution < -0.4 is 4.74 Å². The van der Waals surface area contributed by atoms with Crippen LogP contribution in [0, 0.1) is 0 Å². The van der Waals surface area contributed by atoms with Crippen LogP contribution >= 0.6 is 0 Å². The summed E-state index contributed by atoms with van der Waals surface area (Å²) in [4.78, 5) is 28.2. The van der Waals surface area contributed by atoms with Crippen LogP contribution in [0.1, 0.15) is 33.3 Å². The summed E-state index contributed by atoms with van der Waals surface area (Å²) in [6, 6.07) is 7.48. The highest BCUT2D eigenvalue weighted by atomic mass is 16.6. The lowest BCUT2D eigenvalue weighted by Crippen LogP contribution is -2.41. The molecule has 0 spiro atoms. The molecule has 0 fully saturated rings. The van der Waals surface area contributed by atoms with Gasteiger partial charge in [-0.3, -0.25) is 9.59 Å². The first-order valence-corrected chi connectivity index (χ1v) is 9.17. The molecule has 0 saturated heterocycles. The number of carbonyl (C=O) groups is 2. The van der Waals surface area contributed by atoms with Crippen molar-refractivity contribution in [2.45, 2.75) is 33.3 Å². The molecule has 0 aliphatic rings. The molecule has 0 unspecified atom stereocenters. The Hall–Kier alpha value is -2.34. The zero-order valence-corrected chi connectivity index (χ0v) is 17.3. The number of ether oxygens (including phenoxy) is 2. The van der Waals surface area contributed by atoms with Gasteiger partial charge in [0, 0.05) is 19.2 Å². The molecule has 1 aromatic carbocycles. The van der Waals surface area contributed by atoms with Crippen LogP contribution in [0.15, 0.2) is 30.3 Å². The second-order valence-corrected chi connectivity index (χ2v) is 7.48. The number of benzene rings is 1. The van der Waals surface area contributed by atoms with Gasteiger partial charge in [0.25, 0.3) is 0 Å². The van der Waals surface area contributed by atoms with Crippen LogP contribution in [0.4, 0.5) is 0 Å². The third-order valence-corrected chi connectivity index (χ3v) is 3.48. The zero-order chi connectivity index (χ0) is 20.4. The minimum atomic E-state index is -0.578. The van der Waals surface area contributed by atoms with Crippen molar-refractivity contribution in [3.05, 3.63) is 35.9 Å². The smallest absolute Gasteiger partial charge is 0.326 e. The topological polar surface area (TPSA) is 59.1 Å². The number of carbonyl (C=O) groups excluding carboxylic acids is 2. The van der Waals surface area contributed by atoms with E-state index in [0.717, 1.165) is 11.3 Å². The number of nitrogens with zero attached hydrogens (tertiary/aromatic N) is 2. The number of rotatable bonds is 9. The molecule has 0 bridgehead atoms. The summed E-state index contributed by atoms with van der Waals surface area (Å²) in [5.41, 5.74) is 0.308. The molecule has 1 aromatic rings. The van der Waals surface area contributed by atoms with E-state index in [4.69, 9.17) is 9.47 Å². The van der Waals surface area contributed by atoms with Crippen LogP contribution in [0.3, 0.4) is 0 Å². The lowest BCUT2D eigenvalue weighted by molar-refractivity contribution is -0.158. The fourth-order valence-electron chi connectivity index (χ4n) is 2.23. The first kappa shape index (κ1) is 22.7. The molecule has 27 heavy (non-hydrogen) atoms. The van der Waals surface area contributed by atoms with Gasteiger partial charge in [-0.1, -0.05) is 12.1 Å². The standard InChI is InChI=1S/C21H32N2O4/c1-7-26-18-11-8-17(9-12-18)10-13-19(24)23(15-14-22(5)6)16-20(25)27-21(2,3)4/h8-13H,7,14-16H2,1-6H3/b13-10+. The minimum Gasteiger partial charge on any atom is -0.494 e. The molecular formula is C21H32N2O4. The Morgan fingerprint density at radius 3 is 2.22 bits per heavy atom. The van der Waals surface area contributed by atoms with Gasteiger partial charge < -0.3 is 19.3 Å². The molecule has 0 radical (unpaired) electrons. The van der Waals surface area contributed by atoms with Crippen molar-refractivity contribution in [3.63, 3.8) is 0 Å². The number of amides is 1. The second-order valence-electron chi connectivity index (χ2n) is 7.48. The molecule has 150 valence electrons. The van der Waals surface area contributed by atoms with Gasteiger partial charge in [0.05, 0.1) is 6.61 Å². The zero-order valence-electron chi connectivity index (χ0n) is 17.3. The van der Waals surface area contributed by atoms with Crippen molar-refractivity contribution in [3.8, 4) is 5.75 Å². The fraction of sp³-hybridized carbons (Fsp3) is 0.524. The van der Waals surface area contributed by atoms with E-state index in [2.05, 4.69) is 0 Å². The number of hydrogen-bond acceptors (Lipinski definition) is 5. The summed E-state index contributed by atoms with van der Waals surface area (Å²) in [7, 11) is 3.85. The summed E-state index contributed by atoms with van der Waals surface area (Å²) < 4.78 is 10.7. The Bertz CT molecular complexity index is 631. The van der Waals surface area contributed by atoms with Gasteiger partial charge in [0.2, 0.25) is 5.91 Å². The first-order chi connectivity index (χ1) is 12.6. The summed E-state index contributed by atoms with van der Waals surface area (Å²) >= 11 is 0. The van der Waals surface area contributed by atoms with Gasteiger partial charge >= 0.3 is 5.97 Å². The predicted molar refractivity (Wildman–Crippen MR) is 108 cm³/mol. The van der Waals surface area contributed by atoms with E-state index in [1.165, 1.54) is 11.0 Å². The third kappa shape index (κ3) is 9.80. The molecule has 6 heteroatoms. The molecule has 1 amide bonds. The Balaban J connectivity index is 2.77. The van der Waals surface area contributed by atoms with Crippen molar-refractivity contribution in [1.29, 1.82) is 0 Å². The quantitative estimate of drug-likeness (QED) is 0.490. The summed E-state index contributed by atoms with van der Waals surface area (Å²) in [6.07, 6.45) is 3.21. The lowest BCUT2D eigenvalue weighted by Gasteiger charge is -2.25. The molecule has 0 atom stereocenters. The maximum atomic E-state index is 12.6. The molecule has 0 aromatic heterocycles. The Labute approximate surface area is 162 Å².